The molecular formula is C15H16BNO5S. The molecule has 2 unspecified atom stereocenters. The third-order valence-electron chi connectivity index (χ3n) is 3.71. The first-order valence-corrected chi connectivity index (χ1v) is 8.10. The van der Waals surface area contributed by atoms with E-state index in [4.69, 9.17) is 4.65 Å². The number of thiophene rings is 1. The standard InChI is InChI=1S/C15H16BNO5S/c18-13(7-9-3-2-6-23-9)17-12-8-16(21)22-14-10(12)4-1-5-11(14)15(19)20/h1-6,12-13,17-18,21H,7-8H2,(H,19,20). The Hall–Kier alpha value is -1.87. The summed E-state index contributed by atoms with van der Waals surface area (Å²) in [6.45, 7) is 0. The van der Waals surface area contributed by atoms with Gasteiger partial charge in [0, 0.05) is 29.2 Å². The third kappa shape index (κ3) is 3.56. The number of rotatable bonds is 5. The minimum absolute atomic E-state index is 0.000738. The summed E-state index contributed by atoms with van der Waals surface area (Å²) in [5, 5.41) is 34.3. The van der Waals surface area contributed by atoms with Crippen LogP contribution in [-0.4, -0.2) is 34.6 Å². The molecule has 1 aromatic heterocycles. The van der Waals surface area contributed by atoms with Crippen molar-refractivity contribution < 1.29 is 24.7 Å². The number of carboxylic acids is 1. The van der Waals surface area contributed by atoms with E-state index in [1.165, 1.54) is 6.07 Å². The van der Waals surface area contributed by atoms with Crippen LogP contribution in [0.25, 0.3) is 0 Å². The van der Waals surface area contributed by atoms with E-state index >= 15 is 0 Å². The van der Waals surface area contributed by atoms with Crippen molar-refractivity contribution in [2.24, 2.45) is 0 Å². The molecule has 0 bridgehead atoms. The van der Waals surface area contributed by atoms with Gasteiger partial charge in [-0.05, 0) is 17.5 Å². The first-order chi connectivity index (χ1) is 11.0. The molecule has 2 atom stereocenters. The molecule has 23 heavy (non-hydrogen) atoms. The summed E-state index contributed by atoms with van der Waals surface area (Å²) >= 11 is 1.55. The molecule has 0 amide bonds. The molecule has 8 heteroatoms. The lowest BCUT2D eigenvalue weighted by Gasteiger charge is -2.30. The van der Waals surface area contributed by atoms with Gasteiger partial charge in [0.1, 0.15) is 12.0 Å². The lowest BCUT2D eigenvalue weighted by Crippen LogP contribution is -2.41. The second-order valence-corrected chi connectivity index (χ2v) is 6.39. The van der Waals surface area contributed by atoms with Crippen LogP contribution in [0.5, 0.6) is 5.75 Å². The fourth-order valence-corrected chi connectivity index (χ4v) is 3.45. The maximum Gasteiger partial charge on any atom is 0.524 e. The number of hydrogen-bond donors (Lipinski definition) is 4. The van der Waals surface area contributed by atoms with Gasteiger partial charge in [0.25, 0.3) is 0 Å². The Kier molecular flexibility index (Phi) is 4.67. The highest BCUT2D eigenvalue weighted by atomic mass is 32.1. The highest BCUT2D eigenvalue weighted by Gasteiger charge is 2.34. The van der Waals surface area contributed by atoms with Gasteiger partial charge in [0.15, 0.2) is 0 Å². The van der Waals surface area contributed by atoms with Crippen molar-refractivity contribution in [3.63, 3.8) is 0 Å². The summed E-state index contributed by atoms with van der Waals surface area (Å²) in [6, 6.07) is 8.26. The average Bonchev–Trinajstić information content (AvgIpc) is 2.99. The van der Waals surface area contributed by atoms with Crippen molar-refractivity contribution in [1.82, 2.24) is 5.32 Å². The Morgan fingerprint density at radius 1 is 1.43 bits per heavy atom. The summed E-state index contributed by atoms with van der Waals surface area (Å²) in [5.41, 5.74) is 0.626. The molecule has 1 aliphatic heterocycles. The van der Waals surface area contributed by atoms with Crippen LogP contribution in [0.2, 0.25) is 6.32 Å². The minimum atomic E-state index is -1.12. The fraction of sp³-hybridized carbons (Fsp3) is 0.267. The normalized spacial score (nSPS) is 18.2. The van der Waals surface area contributed by atoms with Crippen molar-refractivity contribution >= 4 is 24.4 Å². The number of para-hydroxylation sites is 1. The molecule has 2 aromatic rings. The maximum atomic E-state index is 11.3. The fourth-order valence-electron chi connectivity index (χ4n) is 2.71. The van der Waals surface area contributed by atoms with E-state index in [0.29, 0.717) is 12.0 Å². The van der Waals surface area contributed by atoms with Gasteiger partial charge in [0.05, 0.1) is 5.56 Å². The number of fused-ring (bicyclic) bond motifs is 1. The van der Waals surface area contributed by atoms with Crippen molar-refractivity contribution in [1.29, 1.82) is 0 Å². The van der Waals surface area contributed by atoms with Crippen LogP contribution in [0.1, 0.15) is 26.8 Å². The van der Waals surface area contributed by atoms with Crippen LogP contribution in [0.4, 0.5) is 0 Å². The van der Waals surface area contributed by atoms with Gasteiger partial charge >= 0.3 is 13.1 Å². The molecule has 120 valence electrons. The summed E-state index contributed by atoms with van der Waals surface area (Å²) < 4.78 is 5.30. The quantitative estimate of drug-likeness (QED) is 0.489. The number of hydrogen-bond acceptors (Lipinski definition) is 6. The van der Waals surface area contributed by atoms with Crippen LogP contribution in [0, 0.1) is 0 Å². The minimum Gasteiger partial charge on any atom is -0.535 e. The van der Waals surface area contributed by atoms with Crippen LogP contribution in [0.3, 0.4) is 0 Å². The van der Waals surface area contributed by atoms with Gasteiger partial charge in [-0.25, -0.2) is 4.79 Å². The molecule has 0 saturated heterocycles. The number of benzene rings is 1. The Morgan fingerprint density at radius 3 is 2.96 bits per heavy atom. The highest BCUT2D eigenvalue weighted by molar-refractivity contribution is 7.09. The molecule has 3 rings (SSSR count). The SMILES string of the molecule is O=C(O)c1cccc2c1OB(O)CC2NC(O)Cc1cccs1. The highest BCUT2D eigenvalue weighted by Crippen LogP contribution is 2.36. The summed E-state index contributed by atoms with van der Waals surface area (Å²) in [4.78, 5) is 12.3. The number of nitrogens with one attached hydrogen (secondary N) is 1. The first-order valence-electron chi connectivity index (χ1n) is 7.22. The van der Waals surface area contributed by atoms with Crippen molar-refractivity contribution in [2.45, 2.75) is 25.0 Å². The maximum absolute atomic E-state index is 11.3. The van der Waals surface area contributed by atoms with Gasteiger partial charge in [-0.2, -0.15) is 0 Å². The number of carbonyl (C=O) groups is 1. The molecule has 0 spiro atoms. The largest absolute Gasteiger partial charge is 0.535 e. The first kappa shape index (κ1) is 16.0. The zero-order valence-corrected chi connectivity index (χ0v) is 13.0. The molecule has 0 saturated carbocycles. The lowest BCUT2D eigenvalue weighted by atomic mass is 9.75. The van der Waals surface area contributed by atoms with E-state index in [0.717, 1.165) is 4.88 Å². The Balaban J connectivity index is 1.81. The zero-order valence-electron chi connectivity index (χ0n) is 12.2. The van der Waals surface area contributed by atoms with Crippen molar-refractivity contribution in [3.05, 3.63) is 51.7 Å². The third-order valence-corrected chi connectivity index (χ3v) is 4.61. The molecule has 2 heterocycles. The Bertz CT molecular complexity index is 693. The molecule has 0 fully saturated rings. The van der Waals surface area contributed by atoms with Gasteiger partial charge in [-0.1, -0.05) is 18.2 Å². The van der Waals surface area contributed by atoms with Crippen LogP contribution in [-0.2, 0) is 6.42 Å². The van der Waals surface area contributed by atoms with Crippen LogP contribution in [0.15, 0.2) is 35.7 Å². The van der Waals surface area contributed by atoms with Gasteiger partial charge < -0.3 is 19.9 Å². The molecule has 1 aliphatic rings. The number of aliphatic hydroxyl groups is 1. The summed E-state index contributed by atoms with van der Waals surface area (Å²) in [6.07, 6.45) is -0.123. The molecule has 6 nitrogen and oxygen atoms in total. The Morgan fingerprint density at radius 2 is 2.26 bits per heavy atom. The average molecular weight is 333 g/mol. The number of aromatic carboxylic acids is 1. The summed E-state index contributed by atoms with van der Waals surface area (Å²) in [5.74, 6) is -0.964. The van der Waals surface area contributed by atoms with E-state index in [9.17, 15) is 20.0 Å². The molecule has 1 aromatic carbocycles. The van der Waals surface area contributed by atoms with E-state index in [1.54, 1.807) is 23.5 Å². The van der Waals surface area contributed by atoms with Crippen LogP contribution < -0.4 is 9.97 Å². The predicted molar refractivity (Wildman–Crippen MR) is 86.7 cm³/mol. The smallest absolute Gasteiger partial charge is 0.524 e. The van der Waals surface area contributed by atoms with Crippen molar-refractivity contribution in [2.75, 3.05) is 0 Å². The second kappa shape index (κ2) is 6.71. The van der Waals surface area contributed by atoms with Gasteiger partial charge in [-0.3, -0.25) is 5.32 Å². The zero-order chi connectivity index (χ0) is 16.4. The topological polar surface area (TPSA) is 99.0 Å². The van der Waals surface area contributed by atoms with E-state index < -0.39 is 19.3 Å². The molecular weight excluding hydrogens is 317 g/mol. The summed E-state index contributed by atoms with van der Waals surface area (Å²) in [7, 11) is -1.12. The van der Waals surface area contributed by atoms with Crippen LogP contribution >= 0.6 is 11.3 Å². The van der Waals surface area contributed by atoms with E-state index in [1.807, 2.05) is 17.5 Å². The molecule has 0 radical (unpaired) electrons. The Labute approximate surface area is 137 Å². The molecule has 0 aliphatic carbocycles. The van der Waals surface area contributed by atoms with Gasteiger partial charge in [-0.15, -0.1) is 11.3 Å². The van der Waals surface area contributed by atoms with E-state index in [-0.39, 0.29) is 23.7 Å². The van der Waals surface area contributed by atoms with E-state index in [2.05, 4.69) is 5.32 Å². The van der Waals surface area contributed by atoms with Crippen molar-refractivity contribution in [3.8, 4) is 5.75 Å². The lowest BCUT2D eigenvalue weighted by molar-refractivity contribution is 0.0694. The second-order valence-electron chi connectivity index (χ2n) is 5.36. The number of aliphatic hydroxyl groups excluding tert-OH is 1. The molecule has 4 N–H and O–H groups in total. The predicted octanol–water partition coefficient (Wildman–Crippen LogP) is 1.51. The van der Waals surface area contributed by atoms with Gasteiger partial charge in [0.2, 0.25) is 0 Å². The monoisotopic (exact) mass is 333 g/mol. The number of carboxylic acid groups (broad SMARTS) is 1.